The third kappa shape index (κ3) is 4.15. The molecule has 0 radical (unpaired) electrons. The van der Waals surface area contributed by atoms with Crippen LogP contribution in [0.15, 0.2) is 87.7 Å². The van der Waals surface area contributed by atoms with Crippen LogP contribution in [0.1, 0.15) is 11.1 Å². The molecule has 3 aromatic rings. The van der Waals surface area contributed by atoms with E-state index in [4.69, 9.17) is 14.7 Å². The summed E-state index contributed by atoms with van der Waals surface area (Å²) in [6, 6.07) is 20.4. The van der Waals surface area contributed by atoms with Gasteiger partial charge in [-0.3, -0.25) is 0 Å². The highest BCUT2D eigenvalue weighted by Gasteiger charge is 2.24. The molecule has 0 aliphatic rings. The van der Waals surface area contributed by atoms with Crippen molar-refractivity contribution in [1.82, 2.24) is 0 Å². The summed E-state index contributed by atoms with van der Waals surface area (Å²) in [5.41, 5.74) is 1.14. The number of rotatable bonds is 7. The van der Waals surface area contributed by atoms with Crippen molar-refractivity contribution in [1.29, 1.82) is 0 Å². The molecule has 0 unspecified atom stereocenters. The van der Waals surface area contributed by atoms with E-state index in [0.717, 1.165) is 11.8 Å². The predicted molar refractivity (Wildman–Crippen MR) is 105 cm³/mol. The molecule has 0 amide bonds. The van der Waals surface area contributed by atoms with Crippen LogP contribution < -0.4 is 9.47 Å². The average Bonchev–Trinajstić information content (AvgIpc) is 2.73. The predicted octanol–water partition coefficient (Wildman–Crippen LogP) is 3.92. The lowest BCUT2D eigenvalue weighted by molar-refractivity contribution is 0.284. The minimum atomic E-state index is -3.85. The standard InChI is InChI=1S/C21H19NO5S/c1-26-19-13-21(28(24,25)18-10-6-3-7-11-18)17(14-22-23)12-20(19)27-15-16-8-4-2-5-9-16/h2-14,23H,15H2,1H3. The van der Waals surface area contributed by atoms with Gasteiger partial charge in [0.1, 0.15) is 6.61 Å². The van der Waals surface area contributed by atoms with E-state index in [1.54, 1.807) is 18.2 Å². The Morgan fingerprint density at radius 3 is 2.21 bits per heavy atom. The molecule has 0 atom stereocenters. The van der Waals surface area contributed by atoms with Crippen LogP contribution in [-0.4, -0.2) is 26.9 Å². The van der Waals surface area contributed by atoms with Crippen LogP contribution in [0.2, 0.25) is 0 Å². The van der Waals surface area contributed by atoms with Crippen LogP contribution in [0, 0.1) is 0 Å². The van der Waals surface area contributed by atoms with Crippen LogP contribution in [0.4, 0.5) is 0 Å². The Hall–Kier alpha value is -3.32. The van der Waals surface area contributed by atoms with Crippen LogP contribution in [0.3, 0.4) is 0 Å². The van der Waals surface area contributed by atoms with Crippen LogP contribution in [-0.2, 0) is 16.4 Å². The van der Waals surface area contributed by atoms with Gasteiger partial charge in [0.15, 0.2) is 11.5 Å². The van der Waals surface area contributed by atoms with Gasteiger partial charge >= 0.3 is 0 Å². The van der Waals surface area contributed by atoms with Gasteiger partial charge in [0.2, 0.25) is 9.84 Å². The Morgan fingerprint density at radius 2 is 1.61 bits per heavy atom. The quantitative estimate of drug-likeness (QED) is 0.371. The molecule has 0 heterocycles. The fourth-order valence-corrected chi connectivity index (χ4v) is 4.14. The highest BCUT2D eigenvalue weighted by atomic mass is 32.2. The number of hydrogen-bond acceptors (Lipinski definition) is 6. The maximum atomic E-state index is 13.0. The van der Waals surface area contributed by atoms with Gasteiger partial charge in [-0.25, -0.2) is 8.42 Å². The van der Waals surface area contributed by atoms with Gasteiger partial charge in [-0.2, -0.15) is 0 Å². The highest BCUT2D eigenvalue weighted by Crippen LogP contribution is 2.35. The van der Waals surface area contributed by atoms with E-state index < -0.39 is 9.84 Å². The van der Waals surface area contributed by atoms with E-state index in [1.165, 1.54) is 31.4 Å². The molecule has 144 valence electrons. The van der Waals surface area contributed by atoms with Crippen molar-refractivity contribution in [2.45, 2.75) is 16.4 Å². The first-order valence-electron chi connectivity index (χ1n) is 8.42. The number of nitrogens with zero attached hydrogens (tertiary/aromatic N) is 1. The molecule has 28 heavy (non-hydrogen) atoms. The lowest BCUT2D eigenvalue weighted by atomic mass is 10.2. The SMILES string of the molecule is COc1cc(S(=O)(=O)c2ccccc2)c(C=NO)cc1OCc1ccccc1. The van der Waals surface area contributed by atoms with Gasteiger partial charge in [-0.15, -0.1) is 0 Å². The van der Waals surface area contributed by atoms with E-state index in [-0.39, 0.29) is 27.7 Å². The zero-order chi connectivity index (χ0) is 20.0. The lowest BCUT2D eigenvalue weighted by Crippen LogP contribution is -2.07. The molecular weight excluding hydrogens is 378 g/mol. The van der Waals surface area contributed by atoms with Gasteiger partial charge in [-0.1, -0.05) is 53.7 Å². The second-order valence-corrected chi connectivity index (χ2v) is 7.79. The summed E-state index contributed by atoms with van der Waals surface area (Å²) < 4.78 is 37.3. The summed E-state index contributed by atoms with van der Waals surface area (Å²) in [6.07, 6.45) is 1.06. The van der Waals surface area contributed by atoms with Gasteiger partial charge in [0.05, 0.1) is 23.1 Å². The largest absolute Gasteiger partial charge is 0.493 e. The Bertz CT molecular complexity index is 1060. The molecule has 0 spiro atoms. The Labute approximate surface area is 163 Å². The fraction of sp³-hybridized carbons (Fsp3) is 0.0952. The third-order valence-corrected chi connectivity index (χ3v) is 5.90. The molecule has 1 N–H and O–H groups in total. The summed E-state index contributed by atoms with van der Waals surface area (Å²) >= 11 is 0. The molecule has 0 aliphatic carbocycles. The van der Waals surface area contributed by atoms with Crippen molar-refractivity contribution in [3.63, 3.8) is 0 Å². The van der Waals surface area contributed by atoms with Crippen LogP contribution >= 0.6 is 0 Å². The molecule has 0 aromatic heterocycles. The Balaban J connectivity index is 2.04. The zero-order valence-electron chi connectivity index (χ0n) is 15.1. The number of benzene rings is 3. The lowest BCUT2D eigenvalue weighted by Gasteiger charge is -2.15. The van der Waals surface area contributed by atoms with Gasteiger partial charge < -0.3 is 14.7 Å². The minimum Gasteiger partial charge on any atom is -0.493 e. The minimum absolute atomic E-state index is 0.0413. The van der Waals surface area contributed by atoms with Crippen molar-refractivity contribution >= 4 is 16.1 Å². The zero-order valence-corrected chi connectivity index (χ0v) is 16.0. The molecule has 7 heteroatoms. The van der Waals surface area contributed by atoms with E-state index >= 15 is 0 Å². The Morgan fingerprint density at radius 1 is 0.964 bits per heavy atom. The summed E-state index contributed by atoms with van der Waals surface area (Å²) in [7, 11) is -2.41. The number of sulfone groups is 1. The van der Waals surface area contributed by atoms with Crippen molar-refractivity contribution < 1.29 is 23.1 Å². The van der Waals surface area contributed by atoms with E-state index in [1.807, 2.05) is 30.3 Å². The van der Waals surface area contributed by atoms with Gasteiger partial charge in [0, 0.05) is 11.6 Å². The molecule has 0 aliphatic heterocycles. The maximum absolute atomic E-state index is 13.0. The van der Waals surface area contributed by atoms with Gasteiger partial charge in [-0.05, 0) is 23.8 Å². The van der Waals surface area contributed by atoms with Crippen molar-refractivity contribution in [3.05, 3.63) is 83.9 Å². The second kappa shape index (κ2) is 8.58. The van der Waals surface area contributed by atoms with E-state index in [9.17, 15) is 8.42 Å². The number of ether oxygens (including phenoxy) is 2. The number of methoxy groups -OCH3 is 1. The molecule has 0 saturated carbocycles. The smallest absolute Gasteiger partial charge is 0.207 e. The van der Waals surface area contributed by atoms with E-state index in [2.05, 4.69) is 5.16 Å². The first-order chi connectivity index (χ1) is 13.6. The second-order valence-electron chi connectivity index (χ2n) is 5.88. The van der Waals surface area contributed by atoms with Crippen LogP contribution in [0.5, 0.6) is 11.5 Å². The van der Waals surface area contributed by atoms with E-state index in [0.29, 0.717) is 5.75 Å². The van der Waals surface area contributed by atoms with Crippen LogP contribution in [0.25, 0.3) is 0 Å². The molecule has 0 saturated heterocycles. The number of oxime groups is 1. The highest BCUT2D eigenvalue weighted by molar-refractivity contribution is 7.91. The monoisotopic (exact) mass is 397 g/mol. The fourth-order valence-electron chi connectivity index (χ4n) is 2.69. The Kier molecular flexibility index (Phi) is 5.96. The maximum Gasteiger partial charge on any atom is 0.207 e. The first-order valence-corrected chi connectivity index (χ1v) is 9.91. The summed E-state index contributed by atoms with van der Waals surface area (Å²) in [5.74, 6) is 0.605. The summed E-state index contributed by atoms with van der Waals surface area (Å²) in [6.45, 7) is 0.275. The average molecular weight is 397 g/mol. The van der Waals surface area contributed by atoms with Crippen molar-refractivity contribution in [2.24, 2.45) is 5.16 Å². The molecular formula is C21H19NO5S. The molecule has 6 nitrogen and oxygen atoms in total. The summed E-state index contributed by atoms with van der Waals surface area (Å²) in [4.78, 5) is 0.0861. The van der Waals surface area contributed by atoms with Crippen molar-refractivity contribution in [2.75, 3.05) is 7.11 Å². The van der Waals surface area contributed by atoms with Gasteiger partial charge in [0.25, 0.3) is 0 Å². The van der Waals surface area contributed by atoms with Crippen molar-refractivity contribution in [3.8, 4) is 11.5 Å². The molecule has 3 aromatic carbocycles. The molecule has 0 bridgehead atoms. The molecule has 0 fully saturated rings. The molecule has 3 rings (SSSR count). The topological polar surface area (TPSA) is 85.2 Å². The third-order valence-electron chi connectivity index (χ3n) is 4.07. The summed E-state index contributed by atoms with van der Waals surface area (Å²) in [5, 5.41) is 12.0. The number of hydrogen-bond donors (Lipinski definition) is 1. The first kappa shape index (κ1) is 19.4. The normalized spacial score (nSPS) is 11.5.